The highest BCUT2D eigenvalue weighted by Gasteiger charge is 2.32. The lowest BCUT2D eigenvalue weighted by Crippen LogP contribution is -2.20. The number of hydrogen-bond donors (Lipinski definition) is 0. The van der Waals surface area contributed by atoms with Crippen molar-refractivity contribution in [1.29, 1.82) is 0 Å². The zero-order chi connectivity index (χ0) is 18.5. The first-order chi connectivity index (χ1) is 13.3. The molecule has 1 aromatic carbocycles. The van der Waals surface area contributed by atoms with Crippen LogP contribution in [0.2, 0.25) is 0 Å². The molecule has 0 spiro atoms. The maximum absolute atomic E-state index is 12.5. The molecule has 1 heteroatoms. The molecule has 4 rings (SSSR count). The maximum Gasteiger partial charge on any atom is 0.133 e. The summed E-state index contributed by atoms with van der Waals surface area (Å²) in [4.78, 5) is 12.5. The van der Waals surface area contributed by atoms with Crippen LogP contribution in [0, 0.1) is 17.8 Å². The molecule has 3 aliphatic rings. The molecule has 0 saturated heterocycles. The minimum Gasteiger partial charge on any atom is -0.300 e. The van der Waals surface area contributed by atoms with Gasteiger partial charge < -0.3 is 0 Å². The summed E-state index contributed by atoms with van der Waals surface area (Å²) < 4.78 is 0. The summed E-state index contributed by atoms with van der Waals surface area (Å²) in [7, 11) is 0. The van der Waals surface area contributed by atoms with E-state index in [1.54, 1.807) is 0 Å². The van der Waals surface area contributed by atoms with Crippen molar-refractivity contribution in [2.24, 2.45) is 17.8 Å². The number of rotatable bonds is 7. The second-order valence-corrected chi connectivity index (χ2v) is 9.00. The van der Waals surface area contributed by atoms with Gasteiger partial charge in [-0.15, -0.1) is 0 Å². The minimum atomic E-state index is 0.498. The molecule has 1 aromatic rings. The molecule has 0 radical (unpaired) electrons. The monoisotopic (exact) mass is 362 g/mol. The van der Waals surface area contributed by atoms with Gasteiger partial charge in [0.1, 0.15) is 5.78 Å². The third kappa shape index (κ3) is 4.62. The predicted molar refractivity (Wildman–Crippen MR) is 113 cm³/mol. The van der Waals surface area contributed by atoms with Crippen LogP contribution in [0.15, 0.2) is 48.1 Å². The number of benzene rings is 1. The van der Waals surface area contributed by atoms with Gasteiger partial charge in [0.25, 0.3) is 0 Å². The fraction of sp³-hybridized carbons (Fsp3) is 0.577. The van der Waals surface area contributed by atoms with Crippen LogP contribution < -0.4 is 0 Å². The Morgan fingerprint density at radius 3 is 2.30 bits per heavy atom. The van der Waals surface area contributed by atoms with Crippen LogP contribution >= 0.6 is 0 Å². The van der Waals surface area contributed by atoms with E-state index in [0.717, 1.165) is 25.2 Å². The largest absolute Gasteiger partial charge is 0.300 e. The zero-order valence-corrected chi connectivity index (χ0v) is 16.7. The molecule has 144 valence electrons. The first-order valence-corrected chi connectivity index (χ1v) is 11.3. The molecular weight excluding hydrogens is 328 g/mol. The highest BCUT2D eigenvalue weighted by atomic mass is 16.1. The molecule has 0 amide bonds. The molecule has 1 nitrogen and oxygen atoms in total. The summed E-state index contributed by atoms with van der Waals surface area (Å²) in [6.07, 6.45) is 19.3. The SMILES string of the molecule is O=C(CCC1=CC=C(c2ccccc2)C1C1CCCCC1)CC1CCCC1. The third-order valence-electron chi connectivity index (χ3n) is 7.12. The van der Waals surface area contributed by atoms with E-state index in [-0.39, 0.29) is 0 Å². The zero-order valence-electron chi connectivity index (χ0n) is 16.7. The quantitative estimate of drug-likeness (QED) is 0.504. The van der Waals surface area contributed by atoms with E-state index in [9.17, 15) is 4.79 Å². The van der Waals surface area contributed by atoms with E-state index in [2.05, 4.69) is 42.5 Å². The van der Waals surface area contributed by atoms with E-state index in [1.165, 1.54) is 74.5 Å². The molecule has 0 bridgehead atoms. The van der Waals surface area contributed by atoms with Crippen LogP contribution in [0.4, 0.5) is 0 Å². The van der Waals surface area contributed by atoms with Gasteiger partial charge in [-0.3, -0.25) is 4.79 Å². The fourth-order valence-corrected chi connectivity index (χ4v) is 5.70. The Balaban J connectivity index is 1.42. The van der Waals surface area contributed by atoms with Gasteiger partial charge in [-0.05, 0) is 42.2 Å². The van der Waals surface area contributed by atoms with Crippen molar-refractivity contribution in [3.63, 3.8) is 0 Å². The number of Topliss-reactive ketones (excluding diaryl/α,β-unsaturated/α-hetero) is 1. The van der Waals surface area contributed by atoms with Crippen LogP contribution in [-0.2, 0) is 4.79 Å². The van der Waals surface area contributed by atoms with Crippen LogP contribution in [-0.4, -0.2) is 5.78 Å². The summed E-state index contributed by atoms with van der Waals surface area (Å²) in [5, 5.41) is 0. The van der Waals surface area contributed by atoms with Crippen molar-refractivity contribution in [3.8, 4) is 0 Å². The van der Waals surface area contributed by atoms with Crippen molar-refractivity contribution in [2.45, 2.75) is 77.0 Å². The minimum absolute atomic E-state index is 0.498. The van der Waals surface area contributed by atoms with Crippen LogP contribution in [0.25, 0.3) is 5.57 Å². The molecule has 1 unspecified atom stereocenters. The van der Waals surface area contributed by atoms with E-state index < -0.39 is 0 Å². The average molecular weight is 363 g/mol. The number of ketones is 1. The lowest BCUT2D eigenvalue weighted by molar-refractivity contribution is -0.119. The predicted octanol–water partition coefficient (Wildman–Crippen LogP) is 7.14. The Hall–Kier alpha value is -1.63. The van der Waals surface area contributed by atoms with E-state index >= 15 is 0 Å². The van der Waals surface area contributed by atoms with E-state index in [1.807, 2.05) is 0 Å². The van der Waals surface area contributed by atoms with Crippen molar-refractivity contribution in [2.75, 3.05) is 0 Å². The van der Waals surface area contributed by atoms with Gasteiger partial charge >= 0.3 is 0 Å². The van der Waals surface area contributed by atoms with E-state index in [0.29, 0.717) is 17.6 Å². The summed E-state index contributed by atoms with van der Waals surface area (Å²) in [6, 6.07) is 10.9. The number of carbonyl (C=O) groups excluding carboxylic acids is 1. The van der Waals surface area contributed by atoms with Crippen LogP contribution in [0.3, 0.4) is 0 Å². The van der Waals surface area contributed by atoms with Crippen molar-refractivity contribution >= 4 is 11.4 Å². The van der Waals surface area contributed by atoms with Gasteiger partial charge in [0.15, 0.2) is 0 Å². The second kappa shape index (κ2) is 9.04. The van der Waals surface area contributed by atoms with Gasteiger partial charge in [-0.1, -0.05) is 93.0 Å². The molecule has 0 aromatic heterocycles. The Bertz CT molecular complexity index is 684. The van der Waals surface area contributed by atoms with Gasteiger partial charge in [0.2, 0.25) is 0 Å². The highest BCUT2D eigenvalue weighted by Crippen LogP contribution is 2.46. The van der Waals surface area contributed by atoms with Crippen molar-refractivity contribution in [1.82, 2.24) is 0 Å². The molecular formula is C26H34O. The fourth-order valence-electron chi connectivity index (χ4n) is 5.70. The van der Waals surface area contributed by atoms with Crippen molar-refractivity contribution < 1.29 is 4.79 Å². The van der Waals surface area contributed by atoms with Gasteiger partial charge in [0.05, 0.1) is 0 Å². The smallest absolute Gasteiger partial charge is 0.133 e. The Labute approximate surface area is 164 Å². The van der Waals surface area contributed by atoms with Crippen LogP contribution in [0.1, 0.15) is 82.6 Å². The molecule has 27 heavy (non-hydrogen) atoms. The Morgan fingerprint density at radius 1 is 0.852 bits per heavy atom. The van der Waals surface area contributed by atoms with E-state index in [4.69, 9.17) is 0 Å². The Kier molecular flexibility index (Phi) is 6.27. The molecule has 1 atom stereocenters. The first kappa shape index (κ1) is 18.7. The van der Waals surface area contributed by atoms with Crippen molar-refractivity contribution in [3.05, 3.63) is 53.6 Å². The lowest BCUT2D eigenvalue weighted by atomic mass is 9.72. The topological polar surface area (TPSA) is 17.1 Å². The lowest BCUT2D eigenvalue weighted by Gasteiger charge is -2.32. The average Bonchev–Trinajstić information content (AvgIpc) is 3.37. The molecule has 2 saturated carbocycles. The Morgan fingerprint density at radius 2 is 1.56 bits per heavy atom. The number of carbonyl (C=O) groups is 1. The maximum atomic E-state index is 12.5. The molecule has 0 aliphatic heterocycles. The summed E-state index contributed by atoms with van der Waals surface area (Å²) in [5.74, 6) is 2.50. The first-order valence-electron chi connectivity index (χ1n) is 11.3. The standard InChI is InChI=1S/C26H34O/c27-24(19-20-9-7-8-10-20)17-15-23-16-18-25(21-11-3-1-4-12-21)26(23)22-13-5-2-6-14-22/h1,3-4,11-12,16,18,20,22,26H,2,5-10,13-15,17,19H2. The molecule has 0 N–H and O–H groups in total. The summed E-state index contributed by atoms with van der Waals surface area (Å²) in [6.45, 7) is 0. The third-order valence-corrected chi connectivity index (χ3v) is 7.12. The number of allylic oxidation sites excluding steroid dienone is 4. The van der Waals surface area contributed by atoms with Gasteiger partial charge in [-0.25, -0.2) is 0 Å². The highest BCUT2D eigenvalue weighted by molar-refractivity contribution is 5.80. The summed E-state index contributed by atoms with van der Waals surface area (Å²) in [5.41, 5.74) is 4.40. The summed E-state index contributed by atoms with van der Waals surface area (Å²) >= 11 is 0. The van der Waals surface area contributed by atoms with Gasteiger partial charge in [-0.2, -0.15) is 0 Å². The molecule has 2 fully saturated rings. The van der Waals surface area contributed by atoms with Crippen LogP contribution in [0.5, 0.6) is 0 Å². The normalized spacial score (nSPS) is 24.1. The second-order valence-electron chi connectivity index (χ2n) is 9.00. The van der Waals surface area contributed by atoms with Gasteiger partial charge in [0, 0.05) is 18.8 Å². The number of hydrogen-bond acceptors (Lipinski definition) is 1. The molecule has 3 aliphatic carbocycles. The molecule has 0 heterocycles.